The van der Waals surface area contributed by atoms with Crippen LogP contribution in [0.25, 0.3) is 0 Å². The topological polar surface area (TPSA) is 48.5 Å². The molecule has 1 aromatic heterocycles. The maximum Gasteiger partial charge on any atom is 0.261 e. The number of ether oxygens (including phenoxy) is 1. The Morgan fingerprint density at radius 2 is 2.10 bits per heavy atom. The molecule has 0 N–H and O–H groups in total. The van der Waals surface area contributed by atoms with Gasteiger partial charge in [-0.3, -0.25) is 0 Å². The fourth-order valence-electron chi connectivity index (χ4n) is 2.26. The molecule has 0 amide bonds. The molecular formula is C15H12BrClN2O2. The molecule has 4 nitrogen and oxygen atoms in total. The van der Waals surface area contributed by atoms with E-state index in [1.807, 2.05) is 32.0 Å². The summed E-state index contributed by atoms with van der Waals surface area (Å²) in [5.74, 6) is 0.674. The van der Waals surface area contributed by atoms with Gasteiger partial charge in [-0.2, -0.15) is 4.73 Å². The average Bonchev–Trinajstić information content (AvgIpc) is 2.38. The summed E-state index contributed by atoms with van der Waals surface area (Å²) in [7, 11) is 0. The van der Waals surface area contributed by atoms with E-state index in [1.54, 1.807) is 12.1 Å². The first-order valence-corrected chi connectivity index (χ1v) is 7.51. The Bertz CT molecular complexity index is 739. The van der Waals surface area contributed by atoms with Crippen LogP contribution >= 0.6 is 27.5 Å². The molecule has 0 radical (unpaired) electrons. The number of nitrogens with zero attached hydrogens (tertiary/aromatic N) is 2. The molecule has 2 heterocycles. The van der Waals surface area contributed by atoms with E-state index in [0.717, 1.165) is 14.8 Å². The molecule has 0 fully saturated rings. The smallest absolute Gasteiger partial charge is 0.261 e. The van der Waals surface area contributed by atoms with Crippen molar-refractivity contribution >= 4 is 33.2 Å². The summed E-state index contributed by atoms with van der Waals surface area (Å²) >= 11 is 9.64. The molecule has 1 aliphatic heterocycles. The van der Waals surface area contributed by atoms with Gasteiger partial charge in [-0.25, -0.2) is 4.99 Å². The summed E-state index contributed by atoms with van der Waals surface area (Å²) in [5, 5.41) is 12.5. The minimum absolute atomic E-state index is 0.329. The standard InChI is InChI=1S/C15H12BrClN2O2/c1-15(2)18-13(14-11(17)4-3-7-19(14)20)10-8-9(16)5-6-12(10)21-15/h3-8H,1-2H3. The third kappa shape index (κ3) is 2.63. The average molecular weight is 368 g/mol. The highest BCUT2D eigenvalue weighted by Crippen LogP contribution is 2.34. The fourth-order valence-corrected chi connectivity index (χ4v) is 2.87. The summed E-state index contributed by atoms with van der Waals surface area (Å²) in [6, 6.07) is 8.88. The molecule has 3 rings (SSSR count). The second-order valence-electron chi connectivity index (χ2n) is 5.18. The number of aromatic nitrogens is 1. The highest BCUT2D eigenvalue weighted by atomic mass is 79.9. The Kier molecular flexibility index (Phi) is 3.42. The first-order valence-electron chi connectivity index (χ1n) is 6.34. The highest BCUT2D eigenvalue weighted by Gasteiger charge is 2.33. The van der Waals surface area contributed by atoms with Crippen LogP contribution in [0.2, 0.25) is 5.02 Å². The van der Waals surface area contributed by atoms with E-state index in [4.69, 9.17) is 16.3 Å². The van der Waals surface area contributed by atoms with Crippen LogP contribution < -0.4 is 9.47 Å². The molecule has 2 aromatic rings. The predicted molar refractivity (Wildman–Crippen MR) is 84.9 cm³/mol. The van der Waals surface area contributed by atoms with Crippen LogP contribution in [0.5, 0.6) is 5.75 Å². The van der Waals surface area contributed by atoms with Crippen LogP contribution in [0.15, 0.2) is 46.0 Å². The van der Waals surface area contributed by atoms with Crippen molar-refractivity contribution in [2.24, 2.45) is 4.99 Å². The van der Waals surface area contributed by atoms with Crippen molar-refractivity contribution in [3.05, 3.63) is 62.5 Å². The van der Waals surface area contributed by atoms with Gasteiger partial charge in [-0.05, 0) is 38.1 Å². The second kappa shape index (κ2) is 5.00. The Morgan fingerprint density at radius 3 is 2.81 bits per heavy atom. The molecule has 6 heteroatoms. The molecule has 0 saturated heterocycles. The maximum atomic E-state index is 12.1. The Morgan fingerprint density at radius 1 is 1.33 bits per heavy atom. The van der Waals surface area contributed by atoms with Gasteiger partial charge in [0.2, 0.25) is 0 Å². The lowest BCUT2D eigenvalue weighted by Gasteiger charge is -2.29. The van der Waals surface area contributed by atoms with E-state index in [9.17, 15) is 5.21 Å². The molecule has 0 bridgehead atoms. The Balaban J connectivity index is 2.30. The van der Waals surface area contributed by atoms with Crippen molar-refractivity contribution in [1.82, 2.24) is 0 Å². The summed E-state index contributed by atoms with van der Waals surface area (Å²) in [5.41, 5.74) is 0.835. The molecule has 0 unspecified atom stereocenters. The molecule has 21 heavy (non-hydrogen) atoms. The zero-order chi connectivity index (χ0) is 15.2. The summed E-state index contributed by atoms with van der Waals surface area (Å²) < 4.78 is 7.45. The van der Waals surface area contributed by atoms with Gasteiger partial charge in [0.1, 0.15) is 16.5 Å². The molecular weight excluding hydrogens is 356 g/mol. The zero-order valence-corrected chi connectivity index (χ0v) is 13.8. The van der Waals surface area contributed by atoms with Crippen molar-refractivity contribution in [3.8, 4) is 5.75 Å². The number of pyridine rings is 1. The molecule has 1 aliphatic rings. The van der Waals surface area contributed by atoms with Crippen LogP contribution in [-0.2, 0) is 0 Å². The van der Waals surface area contributed by atoms with Gasteiger partial charge in [0, 0.05) is 10.5 Å². The van der Waals surface area contributed by atoms with Crippen LogP contribution in [0.1, 0.15) is 25.1 Å². The summed E-state index contributed by atoms with van der Waals surface area (Å²) in [6.07, 6.45) is 1.41. The number of fused-ring (bicyclic) bond motifs is 1. The third-order valence-electron chi connectivity index (χ3n) is 3.07. The van der Waals surface area contributed by atoms with Gasteiger partial charge < -0.3 is 9.94 Å². The van der Waals surface area contributed by atoms with E-state index in [-0.39, 0.29) is 0 Å². The number of hydrogen-bond acceptors (Lipinski definition) is 3. The first-order chi connectivity index (χ1) is 9.87. The quantitative estimate of drug-likeness (QED) is 0.570. The highest BCUT2D eigenvalue weighted by molar-refractivity contribution is 9.10. The predicted octanol–water partition coefficient (Wildman–Crippen LogP) is 3.70. The fraction of sp³-hybridized carbons (Fsp3) is 0.200. The van der Waals surface area contributed by atoms with Crippen LogP contribution in [0.3, 0.4) is 0 Å². The van der Waals surface area contributed by atoms with E-state index in [0.29, 0.717) is 22.2 Å². The minimum Gasteiger partial charge on any atom is -0.618 e. The minimum atomic E-state index is -0.762. The lowest BCUT2D eigenvalue weighted by atomic mass is 10.0. The number of benzene rings is 1. The number of rotatable bonds is 1. The largest absolute Gasteiger partial charge is 0.618 e. The van der Waals surface area contributed by atoms with Crippen LogP contribution in [-0.4, -0.2) is 11.4 Å². The first kappa shape index (κ1) is 14.4. The van der Waals surface area contributed by atoms with E-state index in [1.165, 1.54) is 6.20 Å². The van der Waals surface area contributed by atoms with Gasteiger partial charge in [-0.15, -0.1) is 0 Å². The number of halogens is 2. The molecule has 0 aliphatic carbocycles. The normalized spacial score (nSPS) is 15.9. The lowest BCUT2D eigenvalue weighted by molar-refractivity contribution is -0.606. The monoisotopic (exact) mass is 366 g/mol. The van der Waals surface area contributed by atoms with Crippen molar-refractivity contribution < 1.29 is 9.47 Å². The van der Waals surface area contributed by atoms with E-state index in [2.05, 4.69) is 20.9 Å². The van der Waals surface area contributed by atoms with Crippen LogP contribution in [0.4, 0.5) is 0 Å². The third-order valence-corrected chi connectivity index (χ3v) is 3.87. The zero-order valence-electron chi connectivity index (χ0n) is 11.4. The number of hydrogen-bond donors (Lipinski definition) is 0. The second-order valence-corrected chi connectivity index (χ2v) is 6.50. The molecule has 0 spiro atoms. The van der Waals surface area contributed by atoms with Gasteiger partial charge in [0.05, 0.1) is 5.56 Å². The number of aliphatic imine (C=N–C) groups is 1. The van der Waals surface area contributed by atoms with Gasteiger partial charge in [0.25, 0.3) is 5.69 Å². The van der Waals surface area contributed by atoms with Gasteiger partial charge in [-0.1, -0.05) is 27.5 Å². The molecule has 108 valence electrons. The van der Waals surface area contributed by atoms with Gasteiger partial charge in [0.15, 0.2) is 11.9 Å². The summed E-state index contributed by atoms with van der Waals surface area (Å²) in [4.78, 5) is 4.56. The van der Waals surface area contributed by atoms with E-state index >= 15 is 0 Å². The summed E-state index contributed by atoms with van der Waals surface area (Å²) in [6.45, 7) is 3.67. The maximum absolute atomic E-state index is 12.1. The van der Waals surface area contributed by atoms with E-state index < -0.39 is 5.72 Å². The van der Waals surface area contributed by atoms with Crippen molar-refractivity contribution in [3.63, 3.8) is 0 Å². The Labute approximate surface area is 135 Å². The van der Waals surface area contributed by atoms with Crippen molar-refractivity contribution in [1.29, 1.82) is 0 Å². The molecule has 0 saturated carbocycles. The lowest BCUT2D eigenvalue weighted by Crippen LogP contribution is -2.39. The molecule has 1 aromatic carbocycles. The van der Waals surface area contributed by atoms with Crippen LogP contribution in [0, 0.1) is 5.21 Å². The van der Waals surface area contributed by atoms with Gasteiger partial charge >= 0.3 is 0 Å². The van der Waals surface area contributed by atoms with Crippen molar-refractivity contribution in [2.75, 3.05) is 0 Å². The Hall–Kier alpha value is -1.59. The molecule has 0 atom stereocenters. The van der Waals surface area contributed by atoms with Crippen molar-refractivity contribution in [2.45, 2.75) is 19.6 Å². The SMILES string of the molecule is CC1(C)N=C(c2c(Cl)ccc[n+]2[O-])c2cc(Br)ccc2O1.